The number of aromatic nitrogens is 4. The molecule has 0 aliphatic carbocycles. The summed E-state index contributed by atoms with van der Waals surface area (Å²) in [6.07, 6.45) is 2.00. The molecule has 1 fully saturated rings. The zero-order valence-electron chi connectivity index (χ0n) is 13.2. The molecule has 2 aromatic heterocycles. The average molecular weight is 317 g/mol. The van der Waals surface area contributed by atoms with Gasteiger partial charge < -0.3 is 14.2 Å². The van der Waals surface area contributed by atoms with Crippen molar-refractivity contribution in [1.29, 1.82) is 0 Å². The molecule has 0 aromatic carbocycles. The van der Waals surface area contributed by atoms with Crippen LogP contribution in [0.15, 0.2) is 23.1 Å². The Balaban J connectivity index is 1.76. The van der Waals surface area contributed by atoms with Crippen molar-refractivity contribution in [2.45, 2.75) is 19.4 Å². The third kappa shape index (κ3) is 3.16. The monoisotopic (exact) mass is 317 g/mol. The molecule has 122 valence electrons. The van der Waals surface area contributed by atoms with Gasteiger partial charge in [-0.05, 0) is 6.07 Å². The molecular weight excluding hydrogens is 298 g/mol. The van der Waals surface area contributed by atoms with Gasteiger partial charge in [-0.2, -0.15) is 5.10 Å². The van der Waals surface area contributed by atoms with Crippen LogP contribution in [-0.2, 0) is 18.2 Å². The lowest BCUT2D eigenvalue weighted by Gasteiger charge is -2.31. The molecule has 1 amide bonds. The molecule has 0 bridgehead atoms. The fourth-order valence-electron chi connectivity index (χ4n) is 2.47. The summed E-state index contributed by atoms with van der Waals surface area (Å²) in [6.45, 7) is 3.25. The predicted octanol–water partition coefficient (Wildman–Crippen LogP) is 0.279. The molecule has 8 nitrogen and oxygen atoms in total. The highest BCUT2D eigenvalue weighted by atomic mass is 16.5. The number of H-pyrrole nitrogens is 1. The van der Waals surface area contributed by atoms with Crippen LogP contribution in [0.4, 0.5) is 0 Å². The summed E-state index contributed by atoms with van der Waals surface area (Å²) in [5.74, 6) is 1.17. The summed E-state index contributed by atoms with van der Waals surface area (Å²) in [5.41, 5.74) is 0.181. The van der Waals surface area contributed by atoms with Crippen LogP contribution in [0.3, 0.4) is 0 Å². The third-order valence-electron chi connectivity index (χ3n) is 3.88. The number of aromatic amines is 1. The fourth-order valence-corrected chi connectivity index (χ4v) is 2.47. The second kappa shape index (κ2) is 6.33. The molecule has 3 heterocycles. The summed E-state index contributed by atoms with van der Waals surface area (Å²) in [7, 11) is 1.65. The van der Waals surface area contributed by atoms with E-state index in [9.17, 15) is 9.59 Å². The van der Waals surface area contributed by atoms with Gasteiger partial charge in [0.05, 0.1) is 13.2 Å². The highest BCUT2D eigenvalue weighted by molar-refractivity contribution is 5.94. The molecule has 1 atom stereocenters. The van der Waals surface area contributed by atoms with E-state index in [0.717, 1.165) is 12.2 Å². The molecule has 1 N–H and O–H groups in total. The van der Waals surface area contributed by atoms with Crippen LogP contribution in [0.25, 0.3) is 0 Å². The van der Waals surface area contributed by atoms with E-state index in [2.05, 4.69) is 15.2 Å². The molecule has 3 rings (SSSR count). The molecule has 0 spiro atoms. The molecule has 0 saturated carbocycles. The number of carbonyl (C=O) groups excluding carboxylic acids is 1. The lowest BCUT2D eigenvalue weighted by atomic mass is 10.2. The van der Waals surface area contributed by atoms with E-state index in [-0.39, 0.29) is 17.6 Å². The van der Waals surface area contributed by atoms with Gasteiger partial charge in [-0.1, -0.05) is 6.92 Å². The number of ether oxygens (including phenoxy) is 1. The Morgan fingerprint density at radius 3 is 3.04 bits per heavy atom. The summed E-state index contributed by atoms with van der Waals surface area (Å²) >= 11 is 0. The van der Waals surface area contributed by atoms with Gasteiger partial charge >= 0.3 is 0 Å². The summed E-state index contributed by atoms with van der Waals surface area (Å²) in [4.78, 5) is 30.3. The minimum atomic E-state index is -0.351. The van der Waals surface area contributed by atoms with Gasteiger partial charge in [-0.25, -0.2) is 4.98 Å². The number of hydrogen-bond acceptors (Lipinski definition) is 5. The number of rotatable bonds is 3. The second-order valence-corrected chi connectivity index (χ2v) is 5.47. The van der Waals surface area contributed by atoms with Gasteiger partial charge in [0, 0.05) is 37.8 Å². The van der Waals surface area contributed by atoms with E-state index < -0.39 is 0 Å². The Kier molecular flexibility index (Phi) is 4.24. The van der Waals surface area contributed by atoms with Gasteiger partial charge in [-0.15, -0.1) is 0 Å². The van der Waals surface area contributed by atoms with Gasteiger partial charge in [0.15, 0.2) is 5.82 Å². The first-order valence-corrected chi connectivity index (χ1v) is 7.57. The van der Waals surface area contributed by atoms with Crippen LogP contribution in [0, 0.1) is 0 Å². The second-order valence-electron chi connectivity index (χ2n) is 5.47. The molecule has 1 saturated heterocycles. The summed E-state index contributed by atoms with van der Waals surface area (Å²) < 4.78 is 7.11. The van der Waals surface area contributed by atoms with Crippen molar-refractivity contribution in [1.82, 2.24) is 24.6 Å². The Hall–Kier alpha value is -2.48. The van der Waals surface area contributed by atoms with Crippen LogP contribution in [0.5, 0.6) is 0 Å². The molecule has 1 aliphatic heterocycles. The normalized spacial score (nSPS) is 18.2. The van der Waals surface area contributed by atoms with Gasteiger partial charge in [-0.3, -0.25) is 14.7 Å². The van der Waals surface area contributed by atoms with Crippen molar-refractivity contribution in [2.75, 3.05) is 19.7 Å². The molecule has 1 aliphatic rings. The number of carbonyl (C=O) groups is 1. The molecule has 2 aromatic rings. The maximum Gasteiger partial charge on any atom is 0.254 e. The minimum absolute atomic E-state index is 0.178. The highest BCUT2D eigenvalue weighted by Crippen LogP contribution is 2.20. The van der Waals surface area contributed by atoms with Crippen LogP contribution in [-0.4, -0.2) is 50.3 Å². The number of nitrogens with one attached hydrogen (secondary N) is 1. The maximum atomic E-state index is 12.6. The van der Waals surface area contributed by atoms with Gasteiger partial charge in [0.1, 0.15) is 11.9 Å². The SMILES string of the molecule is CCc1nc([C@@H]2CN(C(=O)c3ccn(C)c(=O)c3)CCO2)n[nH]1. The first kappa shape index (κ1) is 15.4. The third-order valence-corrected chi connectivity index (χ3v) is 3.88. The van der Waals surface area contributed by atoms with Crippen LogP contribution >= 0.6 is 0 Å². The molecule has 0 unspecified atom stereocenters. The maximum absolute atomic E-state index is 12.6. The lowest BCUT2D eigenvalue weighted by Crippen LogP contribution is -2.42. The van der Waals surface area contributed by atoms with E-state index in [0.29, 0.717) is 31.1 Å². The van der Waals surface area contributed by atoms with Crippen molar-refractivity contribution in [3.8, 4) is 0 Å². The standard InChI is InChI=1S/C15H19N5O3/c1-3-12-16-14(18-17-12)11-9-20(6-7-23-11)15(22)10-4-5-19(2)13(21)8-10/h4-5,8,11H,3,6-7,9H2,1-2H3,(H,16,17,18)/t11-/m0/s1. The summed E-state index contributed by atoms with van der Waals surface area (Å²) in [6, 6.07) is 3.00. The van der Waals surface area contributed by atoms with Gasteiger partial charge in [0.25, 0.3) is 11.5 Å². The van der Waals surface area contributed by atoms with Crippen molar-refractivity contribution in [3.63, 3.8) is 0 Å². The summed E-state index contributed by atoms with van der Waals surface area (Å²) in [5, 5.41) is 7.00. The molecule has 0 radical (unpaired) electrons. The van der Waals surface area contributed by atoms with Gasteiger partial charge in [0.2, 0.25) is 0 Å². The van der Waals surface area contributed by atoms with Crippen LogP contribution in [0.1, 0.15) is 35.0 Å². The lowest BCUT2D eigenvalue weighted by molar-refractivity contribution is -0.0266. The zero-order valence-corrected chi connectivity index (χ0v) is 13.2. The van der Waals surface area contributed by atoms with Crippen molar-refractivity contribution < 1.29 is 9.53 Å². The molecule has 23 heavy (non-hydrogen) atoms. The quantitative estimate of drug-likeness (QED) is 0.877. The van der Waals surface area contributed by atoms with Crippen molar-refractivity contribution >= 4 is 5.91 Å². The van der Waals surface area contributed by atoms with Crippen LogP contribution < -0.4 is 5.56 Å². The fraction of sp³-hybridized carbons (Fsp3) is 0.467. The van der Waals surface area contributed by atoms with E-state index in [1.54, 1.807) is 24.2 Å². The van der Waals surface area contributed by atoms with E-state index in [1.165, 1.54) is 10.6 Å². The molecular formula is C15H19N5O3. The van der Waals surface area contributed by atoms with Crippen LogP contribution in [0.2, 0.25) is 0 Å². The topological polar surface area (TPSA) is 93.1 Å². The smallest absolute Gasteiger partial charge is 0.254 e. The number of morpholine rings is 1. The molecule has 8 heteroatoms. The first-order chi connectivity index (χ1) is 11.1. The van der Waals surface area contributed by atoms with E-state index in [1.807, 2.05) is 6.92 Å². The minimum Gasteiger partial charge on any atom is -0.366 e. The largest absolute Gasteiger partial charge is 0.366 e. The number of nitrogens with zero attached hydrogens (tertiary/aromatic N) is 4. The number of hydrogen-bond donors (Lipinski definition) is 1. The Labute approximate surface area is 133 Å². The predicted molar refractivity (Wildman–Crippen MR) is 82.0 cm³/mol. The van der Waals surface area contributed by atoms with Crippen molar-refractivity contribution in [2.24, 2.45) is 7.05 Å². The highest BCUT2D eigenvalue weighted by Gasteiger charge is 2.28. The Bertz CT molecular complexity index is 766. The zero-order chi connectivity index (χ0) is 16.4. The number of aryl methyl sites for hydroxylation is 2. The average Bonchev–Trinajstić information content (AvgIpc) is 3.06. The number of pyridine rings is 1. The van der Waals surface area contributed by atoms with E-state index in [4.69, 9.17) is 4.74 Å². The van der Waals surface area contributed by atoms with Crippen molar-refractivity contribution in [3.05, 3.63) is 45.9 Å². The Morgan fingerprint density at radius 1 is 1.52 bits per heavy atom. The van der Waals surface area contributed by atoms with E-state index >= 15 is 0 Å². The number of amides is 1. The first-order valence-electron chi connectivity index (χ1n) is 7.57. The Morgan fingerprint density at radius 2 is 2.35 bits per heavy atom.